The lowest BCUT2D eigenvalue weighted by atomic mass is 10.3. The molecule has 3 aromatic heterocycles. The van der Waals surface area contributed by atoms with Crippen molar-refractivity contribution in [3.63, 3.8) is 0 Å². The summed E-state index contributed by atoms with van der Waals surface area (Å²) < 4.78 is 46.9. The molecule has 0 amide bonds. The van der Waals surface area contributed by atoms with Gasteiger partial charge in [0.25, 0.3) is 5.89 Å². The quantitative estimate of drug-likeness (QED) is 0.701. The monoisotopic (exact) mass is 374 g/mol. The van der Waals surface area contributed by atoms with E-state index < -0.39 is 16.9 Å². The predicted octanol–water partition coefficient (Wildman–Crippen LogP) is 3.20. The number of halogens is 4. The first-order chi connectivity index (χ1) is 11.7. The lowest BCUT2D eigenvalue weighted by Crippen LogP contribution is -2.10. The van der Waals surface area contributed by atoms with Crippen molar-refractivity contribution in [2.75, 3.05) is 0 Å². The lowest BCUT2D eigenvalue weighted by Gasteiger charge is -2.02. The molecule has 0 spiro atoms. The summed E-state index contributed by atoms with van der Waals surface area (Å²) in [5.74, 6) is 0.602. The molecule has 0 N–H and O–H groups in total. The molecule has 0 saturated carbocycles. The number of alkyl halides is 3. The van der Waals surface area contributed by atoms with Gasteiger partial charge in [-0.3, -0.25) is 9.36 Å². The average Bonchev–Trinajstić information content (AvgIpc) is 3.17. The molecule has 0 aliphatic rings. The van der Waals surface area contributed by atoms with E-state index in [9.17, 15) is 13.2 Å². The average molecular weight is 375 g/mol. The highest BCUT2D eigenvalue weighted by Crippen LogP contribution is 2.35. The van der Waals surface area contributed by atoms with Gasteiger partial charge in [-0.1, -0.05) is 11.6 Å². The number of nitrogens with zero attached hydrogens (tertiary/aromatic N) is 6. The topological polar surface area (TPSA) is 74.6 Å². The van der Waals surface area contributed by atoms with Crippen LogP contribution in [-0.2, 0) is 26.2 Å². The van der Waals surface area contributed by atoms with Gasteiger partial charge >= 0.3 is 6.18 Å². The molecule has 7 nitrogen and oxygen atoms in total. The number of rotatable bonds is 4. The molecular weight excluding hydrogens is 361 g/mol. The van der Waals surface area contributed by atoms with Gasteiger partial charge in [0.05, 0.1) is 28.5 Å². The Labute approximate surface area is 145 Å². The zero-order chi connectivity index (χ0) is 18.4. The second-order valence-corrected chi connectivity index (χ2v) is 5.90. The summed E-state index contributed by atoms with van der Waals surface area (Å²) >= 11 is 5.72. The second-order valence-electron chi connectivity index (χ2n) is 5.52. The molecule has 3 aromatic rings. The van der Waals surface area contributed by atoms with Gasteiger partial charge in [0, 0.05) is 19.7 Å². The van der Waals surface area contributed by atoms with Crippen LogP contribution in [0.25, 0.3) is 11.5 Å². The summed E-state index contributed by atoms with van der Waals surface area (Å²) in [6.07, 6.45) is -2.62. The highest BCUT2D eigenvalue weighted by atomic mass is 35.5. The molecule has 11 heteroatoms. The van der Waals surface area contributed by atoms with Crippen molar-refractivity contribution in [3.8, 4) is 11.5 Å². The molecule has 0 aliphatic heterocycles. The van der Waals surface area contributed by atoms with Gasteiger partial charge in [0.2, 0.25) is 5.89 Å². The maximum atomic E-state index is 12.8. The highest BCUT2D eigenvalue weighted by molar-refractivity contribution is 6.31. The van der Waals surface area contributed by atoms with Crippen LogP contribution in [0.2, 0.25) is 5.02 Å². The van der Waals surface area contributed by atoms with Crippen molar-refractivity contribution in [2.24, 2.45) is 7.05 Å². The van der Waals surface area contributed by atoms with Gasteiger partial charge in [-0.15, -0.1) is 10.2 Å². The van der Waals surface area contributed by atoms with Gasteiger partial charge in [0.1, 0.15) is 0 Å². The van der Waals surface area contributed by atoms with Crippen LogP contribution in [0.3, 0.4) is 0 Å². The molecule has 3 rings (SSSR count). The SMILES string of the molecule is Cc1nn(C)cc1-c1nnc(CCn2nc(C(F)(F)F)c(Cl)c2C)o1. The van der Waals surface area contributed by atoms with E-state index in [1.54, 1.807) is 17.9 Å². The number of hydrogen-bond donors (Lipinski definition) is 0. The van der Waals surface area contributed by atoms with Gasteiger partial charge in [0.15, 0.2) is 5.69 Å². The van der Waals surface area contributed by atoms with Crippen LogP contribution in [0.4, 0.5) is 13.2 Å². The first-order valence-electron chi connectivity index (χ1n) is 7.30. The summed E-state index contributed by atoms with van der Waals surface area (Å²) in [7, 11) is 1.77. The summed E-state index contributed by atoms with van der Waals surface area (Å²) in [6, 6.07) is 0. The predicted molar refractivity (Wildman–Crippen MR) is 81.9 cm³/mol. The smallest absolute Gasteiger partial charge is 0.421 e. The van der Waals surface area contributed by atoms with E-state index in [1.165, 1.54) is 11.6 Å². The molecule has 0 aliphatic carbocycles. The number of hydrogen-bond acceptors (Lipinski definition) is 5. The van der Waals surface area contributed by atoms with Crippen LogP contribution in [0, 0.1) is 13.8 Å². The summed E-state index contributed by atoms with van der Waals surface area (Å²) in [4.78, 5) is 0. The fraction of sp³-hybridized carbons (Fsp3) is 0.429. The summed E-state index contributed by atoms with van der Waals surface area (Å²) in [5, 5.41) is 15.2. The Bertz CT molecular complexity index is 910. The Balaban J connectivity index is 1.76. The zero-order valence-corrected chi connectivity index (χ0v) is 14.4. The normalized spacial score (nSPS) is 12.1. The van der Waals surface area contributed by atoms with Crippen molar-refractivity contribution in [1.29, 1.82) is 0 Å². The minimum atomic E-state index is -4.59. The Morgan fingerprint density at radius 1 is 1.20 bits per heavy atom. The molecule has 0 bridgehead atoms. The maximum absolute atomic E-state index is 12.8. The van der Waals surface area contributed by atoms with E-state index in [2.05, 4.69) is 20.4 Å². The van der Waals surface area contributed by atoms with Crippen molar-refractivity contribution in [3.05, 3.63) is 34.2 Å². The Morgan fingerprint density at radius 2 is 1.92 bits per heavy atom. The molecule has 0 aromatic carbocycles. The first-order valence-corrected chi connectivity index (χ1v) is 7.67. The van der Waals surface area contributed by atoms with Gasteiger partial charge in [-0.05, 0) is 13.8 Å². The van der Waals surface area contributed by atoms with E-state index in [1.807, 2.05) is 6.92 Å². The van der Waals surface area contributed by atoms with E-state index >= 15 is 0 Å². The minimum absolute atomic E-state index is 0.134. The molecule has 25 heavy (non-hydrogen) atoms. The van der Waals surface area contributed by atoms with Gasteiger partial charge < -0.3 is 4.42 Å². The third kappa shape index (κ3) is 3.39. The molecule has 0 unspecified atom stereocenters. The molecule has 0 atom stereocenters. The van der Waals surface area contributed by atoms with Crippen LogP contribution in [0.1, 0.15) is 23.0 Å². The van der Waals surface area contributed by atoms with Crippen LogP contribution in [0.15, 0.2) is 10.6 Å². The third-order valence-electron chi connectivity index (χ3n) is 3.65. The van der Waals surface area contributed by atoms with Crippen LogP contribution >= 0.6 is 11.6 Å². The largest absolute Gasteiger partial charge is 0.436 e. The van der Waals surface area contributed by atoms with E-state index in [4.69, 9.17) is 16.0 Å². The van der Waals surface area contributed by atoms with E-state index in [0.29, 0.717) is 11.5 Å². The number of aryl methyl sites for hydroxylation is 4. The fourth-order valence-electron chi connectivity index (χ4n) is 2.40. The summed E-state index contributed by atoms with van der Waals surface area (Å²) in [5.41, 5.74) is 0.585. The van der Waals surface area contributed by atoms with Crippen LogP contribution in [0.5, 0.6) is 0 Å². The highest BCUT2D eigenvalue weighted by Gasteiger charge is 2.38. The molecule has 0 saturated heterocycles. The van der Waals surface area contributed by atoms with Crippen LogP contribution < -0.4 is 0 Å². The van der Waals surface area contributed by atoms with Crippen molar-refractivity contribution < 1.29 is 17.6 Å². The van der Waals surface area contributed by atoms with Crippen LogP contribution in [-0.4, -0.2) is 29.8 Å². The maximum Gasteiger partial charge on any atom is 0.436 e. The van der Waals surface area contributed by atoms with E-state index in [0.717, 1.165) is 5.69 Å². The Hall–Kier alpha value is -2.36. The van der Waals surface area contributed by atoms with Crippen molar-refractivity contribution in [1.82, 2.24) is 29.8 Å². The van der Waals surface area contributed by atoms with Gasteiger partial charge in [-0.2, -0.15) is 23.4 Å². The van der Waals surface area contributed by atoms with Crippen molar-refractivity contribution in [2.45, 2.75) is 33.0 Å². The van der Waals surface area contributed by atoms with Gasteiger partial charge in [-0.25, -0.2) is 0 Å². The summed E-state index contributed by atoms with van der Waals surface area (Å²) in [6.45, 7) is 3.42. The van der Waals surface area contributed by atoms with Crippen molar-refractivity contribution >= 4 is 11.6 Å². The molecule has 0 fully saturated rings. The zero-order valence-electron chi connectivity index (χ0n) is 13.6. The Kier molecular flexibility index (Phi) is 4.31. The standard InChI is InChI=1S/C14H14ClF3N6O/c1-7-9(6-23(3)21-7)13-20-19-10(25-13)4-5-24-8(2)11(15)12(22-24)14(16,17)18/h6H,4-5H2,1-3H3. The second kappa shape index (κ2) is 6.17. The van der Waals surface area contributed by atoms with E-state index in [-0.39, 0.29) is 24.6 Å². The molecule has 0 radical (unpaired) electrons. The first kappa shape index (κ1) is 17.5. The number of aromatic nitrogens is 6. The molecular formula is C14H14ClF3N6O. The lowest BCUT2D eigenvalue weighted by molar-refractivity contribution is -0.141. The Morgan fingerprint density at radius 3 is 2.48 bits per heavy atom. The fourth-order valence-corrected chi connectivity index (χ4v) is 2.64. The third-order valence-corrected chi connectivity index (χ3v) is 4.10. The molecule has 3 heterocycles. The minimum Gasteiger partial charge on any atom is -0.421 e. The molecule has 134 valence electrons.